The Kier molecular flexibility index (Phi) is 5.03. The first kappa shape index (κ1) is 17.9. The van der Waals surface area contributed by atoms with Gasteiger partial charge in [0.1, 0.15) is 5.82 Å². The number of benzene rings is 1. The van der Waals surface area contributed by atoms with Crippen molar-refractivity contribution < 1.29 is 9.18 Å². The maximum absolute atomic E-state index is 13.7. The largest absolute Gasteiger partial charge is 0.368 e. The zero-order valence-corrected chi connectivity index (χ0v) is 15.3. The van der Waals surface area contributed by atoms with Gasteiger partial charge in [0, 0.05) is 18.3 Å². The normalized spacial score (nSPS) is 20.3. The van der Waals surface area contributed by atoms with Gasteiger partial charge < -0.3 is 10.6 Å². The molecule has 0 saturated carbocycles. The number of nitrogens with zero attached hydrogens (tertiary/aromatic N) is 4. The molecule has 0 bridgehead atoms. The van der Waals surface area contributed by atoms with E-state index in [9.17, 15) is 9.18 Å². The molecular weight excluding hydrogens is 345 g/mol. The van der Waals surface area contributed by atoms with Crippen LogP contribution in [0.2, 0.25) is 0 Å². The zero-order valence-electron chi connectivity index (χ0n) is 15.3. The molecule has 2 saturated heterocycles. The summed E-state index contributed by atoms with van der Waals surface area (Å²) in [6.45, 7) is 3.13. The van der Waals surface area contributed by atoms with Crippen molar-refractivity contribution in [1.29, 1.82) is 0 Å². The lowest BCUT2D eigenvalue weighted by Crippen LogP contribution is -2.39. The highest BCUT2D eigenvalue weighted by Crippen LogP contribution is 2.37. The summed E-state index contributed by atoms with van der Waals surface area (Å²) in [5.74, 6) is -0.0190. The van der Waals surface area contributed by atoms with Gasteiger partial charge in [0.2, 0.25) is 11.9 Å². The summed E-state index contributed by atoms with van der Waals surface area (Å²) in [6.07, 6.45) is 5.69. The van der Waals surface area contributed by atoms with E-state index < -0.39 is 0 Å². The molecule has 0 unspecified atom stereocenters. The third kappa shape index (κ3) is 3.78. The van der Waals surface area contributed by atoms with Crippen molar-refractivity contribution in [1.82, 2.24) is 19.8 Å². The van der Waals surface area contributed by atoms with E-state index in [2.05, 4.69) is 14.9 Å². The molecule has 2 aliphatic rings. The van der Waals surface area contributed by atoms with E-state index in [-0.39, 0.29) is 23.7 Å². The van der Waals surface area contributed by atoms with Crippen molar-refractivity contribution in [3.8, 4) is 11.1 Å². The summed E-state index contributed by atoms with van der Waals surface area (Å²) in [5.41, 5.74) is 7.99. The number of halogens is 1. The minimum atomic E-state index is -0.316. The fraction of sp³-hybridized carbons (Fsp3) is 0.450. The molecule has 0 aliphatic carbocycles. The van der Waals surface area contributed by atoms with Gasteiger partial charge in [-0.15, -0.1) is 0 Å². The van der Waals surface area contributed by atoms with Gasteiger partial charge in [-0.05, 0) is 56.5 Å². The molecule has 2 aromatic rings. The fourth-order valence-electron chi connectivity index (χ4n) is 4.11. The Morgan fingerprint density at radius 1 is 1.22 bits per heavy atom. The molecule has 142 valence electrons. The van der Waals surface area contributed by atoms with Crippen LogP contribution in [-0.4, -0.2) is 51.9 Å². The molecule has 3 heterocycles. The summed E-state index contributed by atoms with van der Waals surface area (Å²) in [4.78, 5) is 25.6. The van der Waals surface area contributed by atoms with Gasteiger partial charge in [0.25, 0.3) is 0 Å². The number of nitrogen functional groups attached to an aromatic ring is 1. The summed E-state index contributed by atoms with van der Waals surface area (Å²) in [6, 6.07) is 6.21. The molecule has 1 aromatic heterocycles. The summed E-state index contributed by atoms with van der Waals surface area (Å²) >= 11 is 0. The van der Waals surface area contributed by atoms with Crippen LogP contribution in [0.25, 0.3) is 11.1 Å². The van der Waals surface area contributed by atoms with Gasteiger partial charge in [0.05, 0.1) is 18.3 Å². The van der Waals surface area contributed by atoms with Crippen molar-refractivity contribution in [2.75, 3.05) is 31.9 Å². The summed E-state index contributed by atoms with van der Waals surface area (Å²) in [7, 11) is 0. The van der Waals surface area contributed by atoms with Crippen LogP contribution >= 0.6 is 0 Å². The van der Waals surface area contributed by atoms with E-state index in [0.717, 1.165) is 44.3 Å². The van der Waals surface area contributed by atoms with Crippen LogP contribution in [0.3, 0.4) is 0 Å². The van der Waals surface area contributed by atoms with Gasteiger partial charge in [-0.25, -0.2) is 14.4 Å². The van der Waals surface area contributed by atoms with Crippen molar-refractivity contribution in [2.24, 2.45) is 0 Å². The molecule has 1 aromatic carbocycles. The average molecular weight is 369 g/mol. The monoisotopic (exact) mass is 369 g/mol. The molecule has 0 spiro atoms. The van der Waals surface area contributed by atoms with E-state index >= 15 is 0 Å². The van der Waals surface area contributed by atoms with Crippen LogP contribution in [0.1, 0.15) is 37.4 Å². The second kappa shape index (κ2) is 7.60. The van der Waals surface area contributed by atoms with Crippen LogP contribution in [0.15, 0.2) is 30.5 Å². The highest BCUT2D eigenvalue weighted by molar-refractivity contribution is 5.79. The predicted octanol–water partition coefficient (Wildman–Crippen LogP) is 2.62. The lowest BCUT2D eigenvalue weighted by molar-refractivity contribution is -0.133. The van der Waals surface area contributed by atoms with E-state index in [1.807, 2.05) is 11.0 Å². The summed E-state index contributed by atoms with van der Waals surface area (Å²) in [5, 5.41) is 0. The number of likely N-dealkylation sites (tertiary alicyclic amines) is 2. The molecule has 2 aliphatic heterocycles. The molecule has 7 heteroatoms. The number of carbonyl (C=O) groups is 1. The van der Waals surface area contributed by atoms with E-state index in [4.69, 9.17) is 5.73 Å². The first-order valence-corrected chi connectivity index (χ1v) is 9.52. The molecule has 0 radical (unpaired) electrons. The third-order valence-electron chi connectivity index (χ3n) is 5.42. The number of carbonyl (C=O) groups excluding carboxylic acids is 1. The highest BCUT2D eigenvalue weighted by atomic mass is 19.1. The molecule has 1 amide bonds. The predicted molar refractivity (Wildman–Crippen MR) is 101 cm³/mol. The molecule has 4 rings (SSSR count). The van der Waals surface area contributed by atoms with E-state index in [1.54, 1.807) is 12.3 Å². The smallest absolute Gasteiger partial charge is 0.237 e. The van der Waals surface area contributed by atoms with E-state index in [0.29, 0.717) is 24.3 Å². The Bertz CT molecular complexity index is 837. The Hall–Kier alpha value is -2.54. The Morgan fingerprint density at radius 3 is 2.81 bits per heavy atom. The zero-order chi connectivity index (χ0) is 18.8. The average Bonchev–Trinajstić information content (AvgIpc) is 3.33. The van der Waals surface area contributed by atoms with Crippen LogP contribution in [0.5, 0.6) is 0 Å². The van der Waals surface area contributed by atoms with Crippen molar-refractivity contribution in [2.45, 2.75) is 31.7 Å². The standard InChI is InChI=1S/C20H24FN5O/c21-15-6-3-5-14(11-15)16-12-23-20(22)24-19(16)17-7-4-10-26(17)18(27)13-25-8-1-2-9-25/h3,5-6,11-12,17H,1-2,4,7-10,13H2,(H2,22,23,24)/t17-/m0/s1. The first-order chi connectivity index (χ1) is 13.1. The van der Waals surface area contributed by atoms with Crippen LogP contribution in [0, 0.1) is 5.82 Å². The summed E-state index contributed by atoms with van der Waals surface area (Å²) < 4.78 is 13.7. The highest BCUT2D eigenvalue weighted by Gasteiger charge is 2.34. The molecule has 2 N–H and O–H groups in total. The second-order valence-corrected chi connectivity index (χ2v) is 7.27. The van der Waals surface area contributed by atoms with Gasteiger partial charge in [-0.3, -0.25) is 9.69 Å². The maximum Gasteiger partial charge on any atom is 0.237 e. The number of hydrogen-bond donors (Lipinski definition) is 1. The minimum Gasteiger partial charge on any atom is -0.368 e. The quantitative estimate of drug-likeness (QED) is 0.897. The Balaban J connectivity index is 1.65. The number of amides is 1. The number of rotatable bonds is 4. The molecule has 1 atom stereocenters. The number of hydrogen-bond acceptors (Lipinski definition) is 5. The Morgan fingerprint density at radius 2 is 2.04 bits per heavy atom. The van der Waals surface area contributed by atoms with Crippen LogP contribution in [0.4, 0.5) is 10.3 Å². The van der Waals surface area contributed by atoms with Crippen molar-refractivity contribution in [3.05, 3.63) is 42.0 Å². The molecule has 6 nitrogen and oxygen atoms in total. The van der Waals surface area contributed by atoms with Crippen LogP contribution < -0.4 is 5.73 Å². The Labute approximate surface area is 158 Å². The molecule has 2 fully saturated rings. The number of anilines is 1. The maximum atomic E-state index is 13.7. The van der Waals surface area contributed by atoms with Gasteiger partial charge in [0.15, 0.2) is 0 Å². The van der Waals surface area contributed by atoms with E-state index in [1.165, 1.54) is 12.1 Å². The van der Waals surface area contributed by atoms with Crippen molar-refractivity contribution in [3.63, 3.8) is 0 Å². The van der Waals surface area contributed by atoms with Gasteiger partial charge in [-0.2, -0.15) is 0 Å². The minimum absolute atomic E-state index is 0.127. The van der Waals surface area contributed by atoms with Crippen molar-refractivity contribution >= 4 is 11.9 Å². The van der Waals surface area contributed by atoms with Gasteiger partial charge >= 0.3 is 0 Å². The number of aromatic nitrogens is 2. The third-order valence-corrected chi connectivity index (χ3v) is 5.42. The number of nitrogens with two attached hydrogens (primary N) is 1. The topological polar surface area (TPSA) is 75.3 Å². The first-order valence-electron chi connectivity index (χ1n) is 9.52. The SMILES string of the molecule is Nc1ncc(-c2cccc(F)c2)c([C@@H]2CCCN2C(=O)CN2CCCC2)n1. The molecular formula is C20H24FN5O. The lowest BCUT2D eigenvalue weighted by atomic mass is 9.99. The molecule has 27 heavy (non-hydrogen) atoms. The fourth-order valence-corrected chi connectivity index (χ4v) is 4.11. The van der Waals surface area contributed by atoms with Gasteiger partial charge in [-0.1, -0.05) is 12.1 Å². The lowest BCUT2D eigenvalue weighted by Gasteiger charge is -2.28. The van der Waals surface area contributed by atoms with Crippen LogP contribution in [-0.2, 0) is 4.79 Å². The second-order valence-electron chi connectivity index (χ2n) is 7.27.